The number of hydrogen-bond acceptors (Lipinski definition) is 7. The number of carbonyl (C=O) groups excluding carboxylic acids is 3. The van der Waals surface area contributed by atoms with Crippen LogP contribution < -0.4 is 16.1 Å². The quantitative estimate of drug-likeness (QED) is 0.286. The van der Waals surface area contributed by atoms with Crippen LogP contribution in [0.5, 0.6) is 0 Å². The molecule has 11 heteroatoms. The van der Waals surface area contributed by atoms with Crippen molar-refractivity contribution < 1.29 is 29.4 Å². The van der Waals surface area contributed by atoms with Crippen LogP contribution in [-0.2, 0) is 19.2 Å². The smallest absolute Gasteiger partial charge is 0.322 e. The van der Waals surface area contributed by atoms with Crippen molar-refractivity contribution in [2.75, 3.05) is 6.54 Å². The summed E-state index contributed by atoms with van der Waals surface area (Å²) in [7, 11) is 0. The van der Waals surface area contributed by atoms with Gasteiger partial charge in [0.25, 0.3) is 5.91 Å². The molecule has 1 aliphatic heterocycles. The minimum Gasteiger partial charge on any atom is -0.480 e. The van der Waals surface area contributed by atoms with Crippen molar-refractivity contribution in [2.45, 2.75) is 85.5 Å². The Morgan fingerprint density at radius 2 is 1.81 bits per heavy atom. The van der Waals surface area contributed by atoms with E-state index in [4.69, 9.17) is 0 Å². The van der Waals surface area contributed by atoms with Crippen LogP contribution in [0.1, 0.15) is 77.3 Å². The highest BCUT2D eigenvalue weighted by atomic mass is 16.4. The zero-order chi connectivity index (χ0) is 31.4. The summed E-state index contributed by atoms with van der Waals surface area (Å²) in [5.41, 5.74) is 4.83. The second kappa shape index (κ2) is 13.4. The largest absolute Gasteiger partial charge is 0.480 e. The predicted octanol–water partition coefficient (Wildman–Crippen LogP) is 2.86. The highest BCUT2D eigenvalue weighted by Crippen LogP contribution is 2.24. The number of aliphatic hydroxyl groups is 1. The van der Waals surface area contributed by atoms with Crippen LogP contribution in [0.3, 0.4) is 0 Å². The average molecular weight is 582 g/mol. The molecular formula is C31H43N5O6. The van der Waals surface area contributed by atoms with Gasteiger partial charge in [-0.05, 0) is 76.6 Å². The summed E-state index contributed by atoms with van der Waals surface area (Å²) in [6.07, 6.45) is 3.84. The molecule has 42 heavy (non-hydrogen) atoms. The van der Waals surface area contributed by atoms with Crippen molar-refractivity contribution in [3.05, 3.63) is 47.2 Å². The molecular weight excluding hydrogens is 538 g/mol. The summed E-state index contributed by atoms with van der Waals surface area (Å²) in [5.74, 6) is -2.62. The van der Waals surface area contributed by atoms with Gasteiger partial charge in [-0.1, -0.05) is 38.1 Å². The second-order valence-corrected chi connectivity index (χ2v) is 12.0. The van der Waals surface area contributed by atoms with E-state index in [1.165, 1.54) is 11.9 Å². The lowest BCUT2D eigenvalue weighted by atomic mass is 9.89. The number of carbonyl (C=O) groups is 4. The van der Waals surface area contributed by atoms with Gasteiger partial charge in [-0.15, -0.1) is 0 Å². The summed E-state index contributed by atoms with van der Waals surface area (Å²) in [6.45, 7) is 12.5. The van der Waals surface area contributed by atoms with E-state index in [9.17, 15) is 29.4 Å². The zero-order valence-corrected chi connectivity index (χ0v) is 25.4. The standard InChI is InChI=1S/C31H43N5O6/c1-17(2)25(27(38)32-19(4)28(39)36-14-8-9-23(35-36)29(40)41)34-30(42)31(6,7)13-12-21-10-11-22-15-18(3)26(20(5)37)33-24(22)16-21/h10-13,15-17,19-20,23,25,35,37H,8-9,14H2,1-7H3,(H,32,38)(H,34,42)(H,40,41). The van der Waals surface area contributed by atoms with E-state index in [0.29, 0.717) is 25.1 Å². The minimum absolute atomic E-state index is 0.265. The van der Waals surface area contributed by atoms with E-state index in [1.54, 1.807) is 40.7 Å². The van der Waals surface area contributed by atoms with Crippen LogP contribution in [0.2, 0.25) is 0 Å². The van der Waals surface area contributed by atoms with Crippen LogP contribution >= 0.6 is 0 Å². The number of hydrogen-bond donors (Lipinski definition) is 5. The topological polar surface area (TPSA) is 161 Å². The zero-order valence-electron chi connectivity index (χ0n) is 25.4. The number of aliphatic hydroxyl groups excluding tert-OH is 1. The molecule has 4 unspecified atom stereocenters. The molecule has 1 aromatic heterocycles. The first kappa shape index (κ1) is 32.7. The van der Waals surface area contributed by atoms with Crippen molar-refractivity contribution in [1.29, 1.82) is 0 Å². The number of aryl methyl sites for hydroxylation is 1. The molecule has 0 saturated carbocycles. The summed E-state index contributed by atoms with van der Waals surface area (Å²) >= 11 is 0. The number of aliphatic carboxylic acids is 1. The van der Waals surface area contributed by atoms with Gasteiger partial charge in [-0.3, -0.25) is 24.2 Å². The lowest BCUT2D eigenvalue weighted by Crippen LogP contribution is -2.61. The van der Waals surface area contributed by atoms with Crippen LogP contribution in [0.4, 0.5) is 0 Å². The molecule has 11 nitrogen and oxygen atoms in total. The molecule has 4 atom stereocenters. The Morgan fingerprint density at radius 3 is 2.43 bits per heavy atom. The van der Waals surface area contributed by atoms with Crippen molar-refractivity contribution in [3.63, 3.8) is 0 Å². The van der Waals surface area contributed by atoms with Gasteiger partial charge >= 0.3 is 5.97 Å². The summed E-state index contributed by atoms with van der Waals surface area (Å²) in [5, 5.41) is 27.0. The number of amides is 3. The number of hydrazine groups is 1. The maximum atomic E-state index is 13.3. The highest BCUT2D eigenvalue weighted by molar-refractivity contribution is 5.94. The number of fused-ring (bicyclic) bond motifs is 1. The Balaban J connectivity index is 1.68. The van der Waals surface area contributed by atoms with Gasteiger partial charge in [-0.2, -0.15) is 0 Å². The first-order chi connectivity index (χ1) is 19.6. The number of rotatable bonds is 10. The number of aromatic nitrogens is 1. The lowest BCUT2D eigenvalue weighted by molar-refractivity contribution is -0.148. The van der Waals surface area contributed by atoms with Gasteiger partial charge in [0.1, 0.15) is 18.1 Å². The normalized spacial score (nSPS) is 18.1. The number of nitrogens with one attached hydrogen (secondary N) is 3. The molecule has 1 aliphatic rings. The van der Waals surface area contributed by atoms with Gasteiger partial charge in [0.05, 0.1) is 22.7 Å². The van der Waals surface area contributed by atoms with E-state index < -0.39 is 47.4 Å². The number of pyridine rings is 1. The Hall–Kier alpha value is -3.83. The Kier molecular flexibility index (Phi) is 10.5. The third-order valence-corrected chi connectivity index (χ3v) is 7.46. The number of carboxylic acids is 1. The Labute approximate surface area is 246 Å². The molecule has 0 spiro atoms. The van der Waals surface area contributed by atoms with Crippen molar-refractivity contribution in [1.82, 2.24) is 26.1 Å². The van der Waals surface area contributed by atoms with Crippen LogP contribution in [0, 0.1) is 18.3 Å². The van der Waals surface area contributed by atoms with Crippen molar-refractivity contribution in [2.24, 2.45) is 11.3 Å². The summed E-state index contributed by atoms with van der Waals surface area (Å²) < 4.78 is 0. The third kappa shape index (κ3) is 7.92. The van der Waals surface area contributed by atoms with Gasteiger partial charge in [0.15, 0.2) is 0 Å². The fourth-order valence-electron chi connectivity index (χ4n) is 4.80. The molecule has 3 amide bonds. The summed E-state index contributed by atoms with van der Waals surface area (Å²) in [4.78, 5) is 55.3. The van der Waals surface area contributed by atoms with Crippen molar-refractivity contribution >= 4 is 40.7 Å². The fourth-order valence-corrected chi connectivity index (χ4v) is 4.80. The van der Waals surface area contributed by atoms with E-state index in [1.807, 2.05) is 37.3 Å². The fraction of sp³-hybridized carbons (Fsp3) is 0.516. The van der Waals surface area contributed by atoms with Gasteiger partial charge in [0.2, 0.25) is 11.8 Å². The monoisotopic (exact) mass is 581 g/mol. The molecule has 3 rings (SSSR count). The average Bonchev–Trinajstić information content (AvgIpc) is 2.93. The van der Waals surface area contributed by atoms with Crippen LogP contribution in [0.25, 0.3) is 17.0 Å². The van der Waals surface area contributed by atoms with Crippen LogP contribution in [0.15, 0.2) is 30.3 Å². The number of carboxylic acid groups (broad SMARTS) is 1. The first-order valence-corrected chi connectivity index (χ1v) is 14.3. The molecule has 1 saturated heterocycles. The Morgan fingerprint density at radius 1 is 1.12 bits per heavy atom. The molecule has 5 N–H and O–H groups in total. The molecule has 1 aromatic carbocycles. The molecule has 2 aromatic rings. The molecule has 2 heterocycles. The molecule has 0 bridgehead atoms. The van der Waals surface area contributed by atoms with Gasteiger partial charge in [0, 0.05) is 11.9 Å². The third-order valence-electron chi connectivity index (χ3n) is 7.46. The van der Waals surface area contributed by atoms with Crippen molar-refractivity contribution in [3.8, 4) is 0 Å². The molecule has 0 radical (unpaired) electrons. The molecule has 0 aliphatic carbocycles. The minimum atomic E-state index is -1.04. The maximum Gasteiger partial charge on any atom is 0.322 e. The SMILES string of the molecule is Cc1cc2ccc(C=CC(C)(C)C(=O)NC(C(=O)NC(C)C(=O)N3CCCC(C(=O)O)N3)C(C)C)cc2nc1C(C)O. The molecule has 1 fully saturated rings. The van der Waals surface area contributed by atoms with E-state index in [2.05, 4.69) is 21.0 Å². The number of nitrogens with zero attached hydrogens (tertiary/aromatic N) is 2. The highest BCUT2D eigenvalue weighted by Gasteiger charge is 2.34. The second-order valence-electron chi connectivity index (χ2n) is 12.0. The van der Waals surface area contributed by atoms with Gasteiger partial charge in [-0.25, -0.2) is 10.4 Å². The maximum absolute atomic E-state index is 13.3. The molecule has 228 valence electrons. The lowest BCUT2D eigenvalue weighted by Gasteiger charge is -2.34. The number of benzene rings is 1. The first-order valence-electron chi connectivity index (χ1n) is 14.3. The van der Waals surface area contributed by atoms with E-state index in [-0.39, 0.29) is 11.8 Å². The van der Waals surface area contributed by atoms with Gasteiger partial charge < -0.3 is 20.8 Å². The van der Waals surface area contributed by atoms with Crippen LogP contribution in [-0.4, -0.2) is 68.6 Å². The predicted molar refractivity (Wildman–Crippen MR) is 160 cm³/mol. The Bertz CT molecular complexity index is 1370. The van der Waals surface area contributed by atoms with E-state index in [0.717, 1.165) is 22.0 Å². The summed E-state index contributed by atoms with van der Waals surface area (Å²) in [6, 6.07) is 5.06. The van der Waals surface area contributed by atoms with E-state index >= 15 is 0 Å².